The Hall–Kier alpha value is -1.89. The lowest BCUT2D eigenvalue weighted by Gasteiger charge is -2.19. The summed E-state index contributed by atoms with van der Waals surface area (Å²) in [5.41, 5.74) is 2.56. The Balaban J connectivity index is 2.33. The number of hydrogen-bond donors (Lipinski definition) is 2. The van der Waals surface area contributed by atoms with Gasteiger partial charge in [-0.05, 0) is 30.2 Å². The van der Waals surface area contributed by atoms with Gasteiger partial charge < -0.3 is 10.0 Å². The van der Waals surface area contributed by atoms with Crippen molar-refractivity contribution in [1.82, 2.24) is 4.72 Å². The van der Waals surface area contributed by atoms with E-state index in [9.17, 15) is 13.5 Å². The molecule has 5 nitrogen and oxygen atoms in total. The molecule has 0 saturated carbocycles. The lowest BCUT2D eigenvalue weighted by atomic mass is 10.1. The van der Waals surface area contributed by atoms with Gasteiger partial charge in [0, 0.05) is 19.8 Å². The van der Waals surface area contributed by atoms with E-state index in [1.54, 1.807) is 30.3 Å². The Morgan fingerprint density at radius 1 is 1.13 bits per heavy atom. The van der Waals surface area contributed by atoms with Gasteiger partial charge in [0.25, 0.3) is 0 Å². The molecule has 2 aromatic carbocycles. The summed E-state index contributed by atoms with van der Waals surface area (Å²) in [4.78, 5) is 2.05. The van der Waals surface area contributed by atoms with Crippen molar-refractivity contribution in [2.45, 2.75) is 17.9 Å². The Morgan fingerprint density at radius 3 is 2.35 bits per heavy atom. The minimum atomic E-state index is -3.73. The summed E-state index contributed by atoms with van der Waals surface area (Å²) in [7, 11) is 0.00624. The summed E-state index contributed by atoms with van der Waals surface area (Å²) in [5.74, 6) is 0. The minimum Gasteiger partial charge on any atom is -0.394 e. The first kappa shape index (κ1) is 17.5. The number of aliphatic hydroxyl groups is 1. The van der Waals surface area contributed by atoms with E-state index in [0.29, 0.717) is 0 Å². The van der Waals surface area contributed by atoms with Crippen molar-refractivity contribution in [2.75, 3.05) is 25.6 Å². The molecule has 0 aliphatic carbocycles. The number of aryl methyl sites for hydroxylation is 1. The maximum atomic E-state index is 12.6. The molecule has 2 rings (SSSR count). The van der Waals surface area contributed by atoms with Gasteiger partial charge in [-0.2, -0.15) is 0 Å². The highest BCUT2D eigenvalue weighted by molar-refractivity contribution is 7.89. The van der Waals surface area contributed by atoms with Crippen molar-refractivity contribution in [1.29, 1.82) is 0 Å². The number of anilines is 1. The molecular formula is C17H22N2O3S. The topological polar surface area (TPSA) is 69.6 Å². The van der Waals surface area contributed by atoms with E-state index in [1.165, 1.54) is 0 Å². The summed E-state index contributed by atoms with van der Waals surface area (Å²) >= 11 is 0. The van der Waals surface area contributed by atoms with E-state index in [2.05, 4.69) is 4.72 Å². The van der Waals surface area contributed by atoms with E-state index in [0.717, 1.165) is 16.8 Å². The first-order chi connectivity index (χ1) is 10.8. The molecule has 0 aliphatic heterocycles. The molecule has 6 heteroatoms. The van der Waals surface area contributed by atoms with Crippen LogP contribution in [-0.4, -0.2) is 34.2 Å². The number of nitrogens with one attached hydrogen (secondary N) is 1. The summed E-state index contributed by atoms with van der Waals surface area (Å²) in [6.07, 6.45) is 0. The van der Waals surface area contributed by atoms with Crippen LogP contribution in [0.3, 0.4) is 0 Å². The summed E-state index contributed by atoms with van der Waals surface area (Å²) in [6.45, 7) is 1.62. The fourth-order valence-electron chi connectivity index (χ4n) is 2.39. The van der Waals surface area contributed by atoms with E-state index in [1.807, 2.05) is 44.1 Å². The zero-order valence-corrected chi connectivity index (χ0v) is 14.3. The third-order valence-electron chi connectivity index (χ3n) is 3.65. The molecular weight excluding hydrogens is 312 g/mol. The second-order valence-electron chi connectivity index (χ2n) is 5.61. The zero-order chi connectivity index (χ0) is 17.0. The lowest BCUT2D eigenvalue weighted by Crippen LogP contribution is -2.31. The molecule has 1 atom stereocenters. The van der Waals surface area contributed by atoms with Crippen LogP contribution in [0.25, 0.3) is 0 Å². The highest BCUT2D eigenvalue weighted by Crippen LogP contribution is 2.24. The molecule has 0 aliphatic rings. The number of nitrogens with zero attached hydrogens (tertiary/aromatic N) is 1. The quantitative estimate of drug-likeness (QED) is 0.848. The van der Waals surface area contributed by atoms with Crippen LogP contribution in [0.1, 0.15) is 17.2 Å². The van der Waals surface area contributed by atoms with Crippen molar-refractivity contribution in [2.24, 2.45) is 0 Å². The van der Waals surface area contributed by atoms with Gasteiger partial charge in [0.05, 0.1) is 17.5 Å². The van der Waals surface area contributed by atoms with Gasteiger partial charge in [0.1, 0.15) is 0 Å². The molecule has 0 bridgehead atoms. The maximum Gasteiger partial charge on any atom is 0.241 e. The SMILES string of the molecule is Cc1ccc(S(=O)(=O)N[C@@H](CO)c2ccccc2)cc1N(C)C. The third kappa shape index (κ3) is 4.10. The van der Waals surface area contributed by atoms with Crippen LogP contribution >= 0.6 is 0 Å². The standard InChI is InChI=1S/C17H22N2O3S/c1-13-9-10-15(11-17(13)19(2)3)23(21,22)18-16(12-20)14-7-5-4-6-8-14/h4-11,16,18,20H,12H2,1-3H3/t16-/m0/s1. The monoisotopic (exact) mass is 334 g/mol. The van der Waals surface area contributed by atoms with Gasteiger partial charge in [0.15, 0.2) is 0 Å². The number of benzene rings is 2. The van der Waals surface area contributed by atoms with Crippen molar-refractivity contribution >= 4 is 15.7 Å². The first-order valence-corrected chi connectivity index (χ1v) is 8.79. The van der Waals surface area contributed by atoms with Crippen molar-refractivity contribution in [3.05, 3.63) is 59.7 Å². The molecule has 0 radical (unpaired) electrons. The number of sulfonamides is 1. The Labute approximate surface area is 137 Å². The molecule has 124 valence electrons. The third-order valence-corrected chi connectivity index (χ3v) is 5.12. The molecule has 0 fully saturated rings. The smallest absolute Gasteiger partial charge is 0.241 e. The van der Waals surface area contributed by atoms with Crippen LogP contribution in [-0.2, 0) is 10.0 Å². The van der Waals surface area contributed by atoms with E-state index < -0.39 is 16.1 Å². The number of hydrogen-bond acceptors (Lipinski definition) is 4. The predicted octanol–water partition coefficient (Wildman–Crippen LogP) is 2.07. The van der Waals surface area contributed by atoms with Crippen LogP contribution in [0.4, 0.5) is 5.69 Å². The summed E-state index contributed by atoms with van der Waals surface area (Å²) in [5, 5.41) is 9.54. The Kier molecular flexibility index (Phi) is 5.41. The average molecular weight is 334 g/mol. The largest absolute Gasteiger partial charge is 0.394 e. The molecule has 2 aromatic rings. The number of aliphatic hydroxyl groups excluding tert-OH is 1. The highest BCUT2D eigenvalue weighted by Gasteiger charge is 2.21. The van der Waals surface area contributed by atoms with Crippen molar-refractivity contribution in [3.63, 3.8) is 0 Å². The zero-order valence-electron chi connectivity index (χ0n) is 13.5. The highest BCUT2D eigenvalue weighted by atomic mass is 32.2. The Bertz CT molecular complexity index is 759. The fraction of sp³-hybridized carbons (Fsp3) is 0.294. The van der Waals surface area contributed by atoms with Gasteiger partial charge in [-0.15, -0.1) is 0 Å². The summed E-state index contributed by atoms with van der Waals surface area (Å²) < 4.78 is 27.8. The van der Waals surface area contributed by atoms with Crippen LogP contribution in [0.5, 0.6) is 0 Å². The molecule has 0 spiro atoms. The van der Waals surface area contributed by atoms with Gasteiger partial charge in [0.2, 0.25) is 10.0 Å². The second-order valence-corrected chi connectivity index (χ2v) is 7.32. The van der Waals surface area contributed by atoms with E-state index >= 15 is 0 Å². The fourth-order valence-corrected chi connectivity index (χ4v) is 3.62. The van der Waals surface area contributed by atoms with E-state index in [4.69, 9.17) is 0 Å². The lowest BCUT2D eigenvalue weighted by molar-refractivity contribution is 0.259. The van der Waals surface area contributed by atoms with Gasteiger partial charge in [-0.3, -0.25) is 0 Å². The molecule has 2 N–H and O–H groups in total. The molecule has 0 amide bonds. The molecule has 23 heavy (non-hydrogen) atoms. The summed E-state index contributed by atoms with van der Waals surface area (Å²) in [6, 6.07) is 13.3. The predicted molar refractivity (Wildman–Crippen MR) is 92.1 cm³/mol. The molecule has 0 aromatic heterocycles. The van der Waals surface area contributed by atoms with E-state index in [-0.39, 0.29) is 11.5 Å². The molecule has 0 saturated heterocycles. The maximum absolute atomic E-state index is 12.6. The van der Waals surface area contributed by atoms with Gasteiger partial charge >= 0.3 is 0 Å². The average Bonchev–Trinajstić information content (AvgIpc) is 2.53. The number of rotatable bonds is 6. The molecule has 0 heterocycles. The first-order valence-electron chi connectivity index (χ1n) is 7.31. The second kappa shape index (κ2) is 7.12. The minimum absolute atomic E-state index is 0.182. The van der Waals surface area contributed by atoms with Crippen LogP contribution in [0, 0.1) is 6.92 Å². The normalized spacial score (nSPS) is 12.9. The van der Waals surface area contributed by atoms with Crippen molar-refractivity contribution in [3.8, 4) is 0 Å². The molecule has 0 unspecified atom stereocenters. The van der Waals surface area contributed by atoms with Gasteiger partial charge in [-0.1, -0.05) is 36.4 Å². The van der Waals surface area contributed by atoms with Gasteiger partial charge in [-0.25, -0.2) is 13.1 Å². The van der Waals surface area contributed by atoms with Crippen LogP contribution in [0.2, 0.25) is 0 Å². The van der Waals surface area contributed by atoms with Crippen LogP contribution in [0.15, 0.2) is 53.4 Å². The van der Waals surface area contributed by atoms with Crippen LogP contribution < -0.4 is 9.62 Å². The van der Waals surface area contributed by atoms with Crippen molar-refractivity contribution < 1.29 is 13.5 Å². The Morgan fingerprint density at radius 2 is 1.78 bits per heavy atom.